The fraction of sp³-hybridized carbons (Fsp3) is 0.636. The molecule has 1 N–H and O–H groups in total. The van der Waals surface area contributed by atoms with Crippen molar-refractivity contribution in [2.75, 3.05) is 20.1 Å². The standard InChI is InChI=1S/C11H18N2O/c1-13-6-4-10(5-7-13)12-9-11-3-2-8-14-11/h2-3,8,10,12H,4-7,9H2,1H3. The summed E-state index contributed by atoms with van der Waals surface area (Å²) in [4.78, 5) is 2.38. The molecule has 1 fully saturated rings. The molecule has 0 unspecified atom stereocenters. The molecule has 0 aliphatic carbocycles. The zero-order valence-electron chi connectivity index (χ0n) is 8.70. The summed E-state index contributed by atoms with van der Waals surface area (Å²) in [6, 6.07) is 4.62. The fourth-order valence-corrected chi connectivity index (χ4v) is 1.87. The second-order valence-corrected chi connectivity index (χ2v) is 4.04. The Morgan fingerprint density at radius 1 is 1.50 bits per heavy atom. The smallest absolute Gasteiger partial charge is 0.117 e. The molecular weight excluding hydrogens is 176 g/mol. The van der Waals surface area contributed by atoms with Crippen molar-refractivity contribution < 1.29 is 4.42 Å². The van der Waals surface area contributed by atoms with Crippen LogP contribution in [0, 0.1) is 0 Å². The molecule has 0 saturated carbocycles. The number of hydrogen-bond acceptors (Lipinski definition) is 3. The van der Waals surface area contributed by atoms with Crippen LogP contribution < -0.4 is 5.32 Å². The lowest BCUT2D eigenvalue weighted by Crippen LogP contribution is -2.40. The molecule has 1 saturated heterocycles. The van der Waals surface area contributed by atoms with Gasteiger partial charge in [-0.05, 0) is 45.1 Å². The Morgan fingerprint density at radius 3 is 2.93 bits per heavy atom. The molecule has 0 amide bonds. The van der Waals surface area contributed by atoms with Gasteiger partial charge in [0.05, 0.1) is 12.8 Å². The monoisotopic (exact) mass is 194 g/mol. The molecule has 2 heterocycles. The maximum absolute atomic E-state index is 5.27. The van der Waals surface area contributed by atoms with Crippen molar-refractivity contribution in [3.63, 3.8) is 0 Å². The second-order valence-electron chi connectivity index (χ2n) is 4.04. The zero-order valence-corrected chi connectivity index (χ0v) is 8.70. The van der Waals surface area contributed by atoms with Gasteiger partial charge in [0.2, 0.25) is 0 Å². The number of likely N-dealkylation sites (tertiary alicyclic amines) is 1. The summed E-state index contributed by atoms with van der Waals surface area (Å²) in [5.74, 6) is 1.03. The number of nitrogens with zero attached hydrogens (tertiary/aromatic N) is 1. The molecule has 0 atom stereocenters. The number of nitrogens with one attached hydrogen (secondary N) is 1. The third kappa shape index (κ3) is 2.59. The Kier molecular flexibility index (Phi) is 3.22. The lowest BCUT2D eigenvalue weighted by Gasteiger charge is -2.29. The van der Waals surface area contributed by atoms with Gasteiger partial charge < -0.3 is 14.6 Å². The highest BCUT2D eigenvalue weighted by atomic mass is 16.3. The molecule has 1 aromatic heterocycles. The molecule has 0 radical (unpaired) electrons. The zero-order chi connectivity index (χ0) is 9.80. The van der Waals surface area contributed by atoms with Crippen LogP contribution in [0.2, 0.25) is 0 Å². The van der Waals surface area contributed by atoms with Crippen LogP contribution in [0.15, 0.2) is 22.8 Å². The lowest BCUT2D eigenvalue weighted by atomic mass is 10.1. The first-order valence-electron chi connectivity index (χ1n) is 5.29. The molecule has 1 aliphatic heterocycles. The normalized spacial score (nSPS) is 20.1. The van der Waals surface area contributed by atoms with Gasteiger partial charge in [-0.3, -0.25) is 0 Å². The van der Waals surface area contributed by atoms with E-state index in [0.717, 1.165) is 12.3 Å². The van der Waals surface area contributed by atoms with Gasteiger partial charge in [0.25, 0.3) is 0 Å². The van der Waals surface area contributed by atoms with Crippen LogP contribution in [0.5, 0.6) is 0 Å². The quantitative estimate of drug-likeness (QED) is 0.789. The van der Waals surface area contributed by atoms with Crippen molar-refractivity contribution in [1.29, 1.82) is 0 Å². The van der Waals surface area contributed by atoms with E-state index in [1.165, 1.54) is 25.9 Å². The van der Waals surface area contributed by atoms with Gasteiger partial charge in [-0.25, -0.2) is 0 Å². The van der Waals surface area contributed by atoms with Gasteiger partial charge in [0.1, 0.15) is 5.76 Å². The highest BCUT2D eigenvalue weighted by Gasteiger charge is 2.15. The minimum Gasteiger partial charge on any atom is -0.468 e. The van der Waals surface area contributed by atoms with Crippen LogP contribution in [0.3, 0.4) is 0 Å². The Bertz CT molecular complexity index is 250. The minimum atomic E-state index is 0.663. The van der Waals surface area contributed by atoms with Gasteiger partial charge in [-0.15, -0.1) is 0 Å². The maximum Gasteiger partial charge on any atom is 0.117 e. The molecular formula is C11H18N2O. The van der Waals surface area contributed by atoms with Gasteiger partial charge in [-0.2, -0.15) is 0 Å². The SMILES string of the molecule is CN1CCC(NCc2ccco2)CC1. The van der Waals surface area contributed by atoms with E-state index < -0.39 is 0 Å². The molecule has 78 valence electrons. The van der Waals surface area contributed by atoms with Crippen LogP contribution in [0.4, 0.5) is 0 Å². The Labute approximate surface area is 85.1 Å². The molecule has 3 nitrogen and oxygen atoms in total. The van der Waals surface area contributed by atoms with Crippen molar-refractivity contribution in [2.45, 2.75) is 25.4 Å². The summed E-state index contributed by atoms with van der Waals surface area (Å²) in [5, 5.41) is 3.52. The summed E-state index contributed by atoms with van der Waals surface area (Å²) in [5.41, 5.74) is 0. The molecule has 2 rings (SSSR count). The highest BCUT2D eigenvalue weighted by Crippen LogP contribution is 2.09. The van der Waals surface area contributed by atoms with Crippen molar-refractivity contribution in [3.8, 4) is 0 Å². The van der Waals surface area contributed by atoms with E-state index in [0.29, 0.717) is 6.04 Å². The van der Waals surface area contributed by atoms with Crippen molar-refractivity contribution in [3.05, 3.63) is 24.2 Å². The number of rotatable bonds is 3. The third-order valence-corrected chi connectivity index (χ3v) is 2.86. The van der Waals surface area contributed by atoms with Crippen LogP contribution >= 0.6 is 0 Å². The Hall–Kier alpha value is -0.800. The number of furan rings is 1. The molecule has 1 aliphatic rings. The largest absolute Gasteiger partial charge is 0.468 e. The summed E-state index contributed by atoms with van der Waals surface area (Å²) in [6.45, 7) is 3.27. The highest BCUT2D eigenvalue weighted by molar-refractivity contribution is 4.97. The van der Waals surface area contributed by atoms with E-state index in [9.17, 15) is 0 Å². The van der Waals surface area contributed by atoms with E-state index in [1.54, 1.807) is 6.26 Å². The fourth-order valence-electron chi connectivity index (χ4n) is 1.87. The molecule has 3 heteroatoms. The summed E-state index contributed by atoms with van der Waals surface area (Å²) in [7, 11) is 2.18. The molecule has 0 bridgehead atoms. The number of hydrogen-bond donors (Lipinski definition) is 1. The first-order chi connectivity index (χ1) is 6.84. The van der Waals surface area contributed by atoms with E-state index in [-0.39, 0.29) is 0 Å². The van der Waals surface area contributed by atoms with E-state index in [2.05, 4.69) is 17.3 Å². The average molecular weight is 194 g/mol. The van der Waals surface area contributed by atoms with E-state index >= 15 is 0 Å². The van der Waals surface area contributed by atoms with E-state index in [4.69, 9.17) is 4.42 Å². The van der Waals surface area contributed by atoms with Gasteiger partial charge >= 0.3 is 0 Å². The Balaban J connectivity index is 1.71. The van der Waals surface area contributed by atoms with Gasteiger partial charge in [-0.1, -0.05) is 0 Å². The topological polar surface area (TPSA) is 28.4 Å². The number of piperidine rings is 1. The van der Waals surface area contributed by atoms with Crippen LogP contribution in [0.25, 0.3) is 0 Å². The predicted octanol–water partition coefficient (Wildman–Crippen LogP) is 1.46. The van der Waals surface area contributed by atoms with Crippen molar-refractivity contribution >= 4 is 0 Å². The van der Waals surface area contributed by atoms with Crippen LogP contribution in [-0.4, -0.2) is 31.1 Å². The predicted molar refractivity (Wildman–Crippen MR) is 56.1 cm³/mol. The first kappa shape index (κ1) is 9.74. The molecule has 0 spiro atoms. The average Bonchev–Trinajstić information content (AvgIpc) is 2.70. The molecule has 0 aromatic carbocycles. The minimum absolute atomic E-state index is 0.663. The van der Waals surface area contributed by atoms with Crippen LogP contribution in [-0.2, 0) is 6.54 Å². The van der Waals surface area contributed by atoms with Gasteiger partial charge in [0.15, 0.2) is 0 Å². The third-order valence-electron chi connectivity index (χ3n) is 2.86. The lowest BCUT2D eigenvalue weighted by molar-refractivity contribution is 0.231. The maximum atomic E-state index is 5.27. The Morgan fingerprint density at radius 2 is 2.29 bits per heavy atom. The van der Waals surface area contributed by atoms with Crippen molar-refractivity contribution in [1.82, 2.24) is 10.2 Å². The van der Waals surface area contributed by atoms with Crippen LogP contribution in [0.1, 0.15) is 18.6 Å². The van der Waals surface area contributed by atoms with Gasteiger partial charge in [0, 0.05) is 6.04 Å². The first-order valence-corrected chi connectivity index (χ1v) is 5.29. The summed E-state index contributed by atoms with van der Waals surface area (Å²) >= 11 is 0. The second kappa shape index (κ2) is 4.62. The molecule has 14 heavy (non-hydrogen) atoms. The molecule has 1 aromatic rings. The summed E-state index contributed by atoms with van der Waals surface area (Å²) in [6.07, 6.45) is 4.22. The van der Waals surface area contributed by atoms with Crippen molar-refractivity contribution in [2.24, 2.45) is 0 Å². The van der Waals surface area contributed by atoms with E-state index in [1.807, 2.05) is 12.1 Å². The summed E-state index contributed by atoms with van der Waals surface area (Å²) < 4.78 is 5.27.